The zero-order chi connectivity index (χ0) is 9.15. The van der Waals surface area contributed by atoms with E-state index in [0.717, 1.165) is 18.2 Å². The Morgan fingerprint density at radius 1 is 1.54 bits per heavy atom. The van der Waals surface area contributed by atoms with Crippen LogP contribution in [0.4, 0.5) is 5.82 Å². The molecule has 0 aliphatic heterocycles. The largest absolute Gasteiger partial charge is 0.368 e. The number of rotatable bonds is 4. The molecule has 3 nitrogen and oxygen atoms in total. The lowest BCUT2D eigenvalue weighted by molar-refractivity contribution is 0.616. The van der Waals surface area contributed by atoms with Crippen LogP contribution in [0.1, 0.15) is 12.8 Å². The summed E-state index contributed by atoms with van der Waals surface area (Å²) in [5.74, 6) is 1.57. The average molecular weight is 198 g/mol. The van der Waals surface area contributed by atoms with Crippen molar-refractivity contribution in [2.24, 2.45) is 5.41 Å². The van der Waals surface area contributed by atoms with E-state index in [1.807, 2.05) is 12.1 Å². The summed E-state index contributed by atoms with van der Waals surface area (Å²) in [6.07, 6.45) is 4.12. The molecule has 0 unspecified atom stereocenters. The van der Waals surface area contributed by atoms with Crippen LogP contribution in [0.3, 0.4) is 0 Å². The Morgan fingerprint density at radius 2 is 2.38 bits per heavy atom. The molecule has 1 aliphatic carbocycles. The predicted molar refractivity (Wildman–Crippen MR) is 52.9 cm³/mol. The molecule has 1 aliphatic rings. The fraction of sp³-hybridized carbons (Fsp3) is 0.556. The fourth-order valence-corrected chi connectivity index (χ4v) is 1.57. The van der Waals surface area contributed by atoms with Crippen LogP contribution in [-0.4, -0.2) is 22.6 Å². The Kier molecular flexibility index (Phi) is 2.36. The van der Waals surface area contributed by atoms with Gasteiger partial charge in [0.1, 0.15) is 5.82 Å². The molecule has 0 bridgehead atoms. The second-order valence-corrected chi connectivity index (χ2v) is 3.86. The number of halogens is 1. The zero-order valence-corrected chi connectivity index (χ0v) is 8.09. The lowest BCUT2D eigenvalue weighted by Gasteiger charge is -2.11. The lowest BCUT2D eigenvalue weighted by Crippen LogP contribution is -2.17. The molecular formula is C9H12ClN3. The minimum absolute atomic E-state index is 0.332. The van der Waals surface area contributed by atoms with Crippen molar-refractivity contribution in [2.75, 3.05) is 17.7 Å². The van der Waals surface area contributed by atoms with E-state index in [2.05, 4.69) is 15.5 Å². The summed E-state index contributed by atoms with van der Waals surface area (Å²) in [6.45, 7) is 0.912. The molecule has 0 saturated heterocycles. The Balaban J connectivity index is 1.86. The van der Waals surface area contributed by atoms with Gasteiger partial charge in [0.05, 0.1) is 0 Å². The molecule has 13 heavy (non-hydrogen) atoms. The Bertz CT molecular complexity index is 271. The molecule has 0 atom stereocenters. The number of hydrogen-bond acceptors (Lipinski definition) is 3. The Labute approximate surface area is 82.5 Å². The molecule has 0 radical (unpaired) electrons. The van der Waals surface area contributed by atoms with Crippen molar-refractivity contribution in [3.63, 3.8) is 0 Å². The van der Waals surface area contributed by atoms with Crippen LogP contribution < -0.4 is 5.32 Å². The smallest absolute Gasteiger partial charge is 0.148 e. The third-order valence-electron chi connectivity index (χ3n) is 2.46. The number of aromatic nitrogens is 2. The maximum atomic E-state index is 5.85. The molecule has 1 saturated carbocycles. The van der Waals surface area contributed by atoms with Gasteiger partial charge in [-0.05, 0) is 25.0 Å². The monoisotopic (exact) mass is 197 g/mol. The third-order valence-corrected chi connectivity index (χ3v) is 3.02. The second-order valence-electron chi connectivity index (χ2n) is 3.60. The number of nitrogens with zero attached hydrogens (tertiary/aromatic N) is 2. The normalized spacial score (nSPS) is 18.2. The van der Waals surface area contributed by atoms with Gasteiger partial charge in [-0.3, -0.25) is 0 Å². The van der Waals surface area contributed by atoms with Crippen molar-refractivity contribution >= 4 is 17.4 Å². The van der Waals surface area contributed by atoms with Gasteiger partial charge in [-0.15, -0.1) is 16.7 Å². The van der Waals surface area contributed by atoms with Crippen LogP contribution in [0.15, 0.2) is 18.3 Å². The molecule has 1 fully saturated rings. The van der Waals surface area contributed by atoms with Crippen molar-refractivity contribution in [1.29, 1.82) is 0 Å². The average Bonchev–Trinajstić information content (AvgIpc) is 2.97. The summed E-state index contributed by atoms with van der Waals surface area (Å²) in [7, 11) is 0. The van der Waals surface area contributed by atoms with Crippen LogP contribution in [-0.2, 0) is 0 Å². The van der Waals surface area contributed by atoms with Crippen LogP contribution in [0.5, 0.6) is 0 Å². The van der Waals surface area contributed by atoms with E-state index >= 15 is 0 Å². The molecule has 70 valence electrons. The first-order valence-electron chi connectivity index (χ1n) is 4.42. The topological polar surface area (TPSA) is 37.8 Å². The Hall–Kier alpha value is -0.830. The highest BCUT2D eigenvalue weighted by molar-refractivity contribution is 6.18. The van der Waals surface area contributed by atoms with E-state index in [9.17, 15) is 0 Å². The summed E-state index contributed by atoms with van der Waals surface area (Å²) < 4.78 is 0. The van der Waals surface area contributed by atoms with Gasteiger partial charge < -0.3 is 5.32 Å². The van der Waals surface area contributed by atoms with Gasteiger partial charge in [0, 0.05) is 24.0 Å². The van der Waals surface area contributed by atoms with Crippen LogP contribution in [0.25, 0.3) is 0 Å². The molecule has 0 aromatic carbocycles. The van der Waals surface area contributed by atoms with Gasteiger partial charge in [-0.2, -0.15) is 5.10 Å². The summed E-state index contributed by atoms with van der Waals surface area (Å²) in [4.78, 5) is 0. The lowest BCUT2D eigenvalue weighted by atomic mass is 10.1. The first-order valence-corrected chi connectivity index (χ1v) is 4.96. The molecule has 1 N–H and O–H groups in total. The molecule has 0 spiro atoms. The highest BCUT2D eigenvalue weighted by atomic mass is 35.5. The van der Waals surface area contributed by atoms with Gasteiger partial charge in [0.25, 0.3) is 0 Å². The van der Waals surface area contributed by atoms with Crippen molar-refractivity contribution < 1.29 is 0 Å². The SMILES string of the molecule is ClCC1(CNc2cccnn2)CC1. The molecular weight excluding hydrogens is 186 g/mol. The third kappa shape index (κ3) is 2.10. The quantitative estimate of drug-likeness (QED) is 0.750. The van der Waals surface area contributed by atoms with E-state index in [1.165, 1.54) is 12.8 Å². The summed E-state index contributed by atoms with van der Waals surface area (Å²) >= 11 is 5.85. The minimum Gasteiger partial charge on any atom is -0.368 e. The first kappa shape index (κ1) is 8.75. The summed E-state index contributed by atoms with van der Waals surface area (Å²) in [5.41, 5.74) is 0.332. The van der Waals surface area contributed by atoms with E-state index in [0.29, 0.717) is 5.41 Å². The molecule has 1 aromatic rings. The van der Waals surface area contributed by atoms with Crippen molar-refractivity contribution in [3.05, 3.63) is 18.3 Å². The van der Waals surface area contributed by atoms with Crippen molar-refractivity contribution in [3.8, 4) is 0 Å². The fourth-order valence-electron chi connectivity index (χ4n) is 1.21. The van der Waals surface area contributed by atoms with E-state index in [4.69, 9.17) is 11.6 Å². The molecule has 1 aromatic heterocycles. The van der Waals surface area contributed by atoms with Gasteiger partial charge in [-0.1, -0.05) is 0 Å². The van der Waals surface area contributed by atoms with Gasteiger partial charge in [0.2, 0.25) is 0 Å². The minimum atomic E-state index is 0.332. The standard InChI is InChI=1S/C9H12ClN3/c10-6-9(3-4-9)7-11-8-2-1-5-12-13-8/h1-2,5H,3-4,6-7H2,(H,11,13). The van der Waals surface area contributed by atoms with Gasteiger partial charge >= 0.3 is 0 Å². The second kappa shape index (κ2) is 3.50. The molecule has 1 heterocycles. The number of hydrogen-bond donors (Lipinski definition) is 1. The number of nitrogens with one attached hydrogen (secondary N) is 1. The predicted octanol–water partition coefficient (Wildman–Crippen LogP) is 1.91. The maximum Gasteiger partial charge on any atom is 0.148 e. The van der Waals surface area contributed by atoms with Gasteiger partial charge in [0.15, 0.2) is 0 Å². The van der Waals surface area contributed by atoms with Crippen LogP contribution >= 0.6 is 11.6 Å². The van der Waals surface area contributed by atoms with Crippen LogP contribution in [0, 0.1) is 5.41 Å². The maximum absolute atomic E-state index is 5.85. The highest BCUT2D eigenvalue weighted by Crippen LogP contribution is 2.46. The van der Waals surface area contributed by atoms with E-state index in [1.54, 1.807) is 6.20 Å². The Morgan fingerprint density at radius 3 is 2.92 bits per heavy atom. The molecule has 2 rings (SSSR count). The van der Waals surface area contributed by atoms with Gasteiger partial charge in [-0.25, -0.2) is 0 Å². The van der Waals surface area contributed by atoms with Crippen molar-refractivity contribution in [1.82, 2.24) is 10.2 Å². The molecule has 4 heteroatoms. The van der Waals surface area contributed by atoms with E-state index in [-0.39, 0.29) is 0 Å². The summed E-state index contributed by atoms with van der Waals surface area (Å²) in [6, 6.07) is 3.78. The van der Waals surface area contributed by atoms with Crippen molar-refractivity contribution in [2.45, 2.75) is 12.8 Å². The number of anilines is 1. The zero-order valence-electron chi connectivity index (χ0n) is 7.33. The first-order chi connectivity index (χ1) is 6.35. The van der Waals surface area contributed by atoms with Crippen LogP contribution in [0.2, 0.25) is 0 Å². The molecule has 0 amide bonds. The number of alkyl halides is 1. The summed E-state index contributed by atoms with van der Waals surface area (Å²) in [5, 5.41) is 11.0. The highest BCUT2D eigenvalue weighted by Gasteiger charge is 2.41. The van der Waals surface area contributed by atoms with E-state index < -0.39 is 0 Å².